The van der Waals surface area contributed by atoms with Crippen LogP contribution >= 0.6 is 0 Å². The van der Waals surface area contributed by atoms with Crippen LogP contribution in [0.4, 0.5) is 5.88 Å². The summed E-state index contributed by atoms with van der Waals surface area (Å²) in [5.74, 6) is 0.410. The highest BCUT2D eigenvalue weighted by Gasteiger charge is 2.33. The molecule has 2 atom stereocenters. The number of nitrogens with zero attached hydrogens (tertiary/aromatic N) is 2. The number of anilines is 1. The molecule has 1 amide bonds. The van der Waals surface area contributed by atoms with Gasteiger partial charge in [0, 0.05) is 18.2 Å². The fourth-order valence-corrected chi connectivity index (χ4v) is 3.33. The molecule has 0 bridgehead atoms. The number of aromatic nitrogens is 1. The van der Waals surface area contributed by atoms with E-state index in [2.05, 4.69) is 20.7 Å². The number of carbonyl (C=O) groups excluding carboxylic acids is 1. The second-order valence-electron chi connectivity index (χ2n) is 5.76. The minimum atomic E-state index is -0.0222. The number of carbonyl (C=O) groups is 1. The first-order chi connectivity index (χ1) is 9.72. The number of rotatable bonds is 4. The minimum Gasteiger partial charge on any atom is -0.338 e. The Kier molecular flexibility index (Phi) is 4.03. The molecule has 3 heterocycles. The van der Waals surface area contributed by atoms with E-state index in [4.69, 9.17) is 4.52 Å². The molecule has 20 heavy (non-hydrogen) atoms. The van der Waals surface area contributed by atoms with E-state index in [0.717, 1.165) is 18.8 Å². The van der Waals surface area contributed by atoms with Gasteiger partial charge in [0.25, 0.3) is 0 Å². The Morgan fingerprint density at radius 3 is 3.15 bits per heavy atom. The molecule has 1 aromatic rings. The number of aryl methyl sites for hydroxylation is 1. The molecule has 2 aliphatic heterocycles. The molecule has 3 rings (SSSR count). The van der Waals surface area contributed by atoms with Gasteiger partial charge < -0.3 is 9.84 Å². The molecule has 110 valence electrons. The van der Waals surface area contributed by atoms with Crippen molar-refractivity contribution in [1.29, 1.82) is 0 Å². The fourth-order valence-electron chi connectivity index (χ4n) is 3.33. The molecule has 0 saturated carbocycles. The van der Waals surface area contributed by atoms with Gasteiger partial charge in [0.05, 0.1) is 12.2 Å². The van der Waals surface area contributed by atoms with Gasteiger partial charge in [0.15, 0.2) is 0 Å². The van der Waals surface area contributed by atoms with Crippen molar-refractivity contribution in [3.8, 4) is 0 Å². The lowest BCUT2D eigenvalue weighted by Crippen LogP contribution is -2.46. The molecule has 0 radical (unpaired) electrons. The van der Waals surface area contributed by atoms with E-state index in [-0.39, 0.29) is 5.91 Å². The Balaban J connectivity index is 1.54. The summed E-state index contributed by atoms with van der Waals surface area (Å²) in [6, 6.07) is 2.79. The largest absolute Gasteiger partial charge is 0.338 e. The van der Waals surface area contributed by atoms with Crippen LogP contribution < -0.4 is 10.6 Å². The van der Waals surface area contributed by atoms with Crippen LogP contribution in [0.25, 0.3) is 0 Å². The van der Waals surface area contributed by atoms with Gasteiger partial charge in [-0.1, -0.05) is 5.16 Å². The lowest BCUT2D eigenvalue weighted by atomic mass is 10.0. The van der Waals surface area contributed by atoms with Gasteiger partial charge in [-0.3, -0.25) is 15.0 Å². The van der Waals surface area contributed by atoms with Crippen LogP contribution in [0.2, 0.25) is 0 Å². The molecule has 0 aromatic carbocycles. The van der Waals surface area contributed by atoms with Crippen LogP contribution in [-0.4, -0.2) is 47.7 Å². The summed E-state index contributed by atoms with van der Waals surface area (Å²) in [5.41, 5.74) is 0.773. The lowest BCUT2D eigenvalue weighted by Gasteiger charge is -2.28. The number of amides is 1. The highest BCUT2D eigenvalue weighted by Crippen LogP contribution is 2.24. The third kappa shape index (κ3) is 3.02. The van der Waals surface area contributed by atoms with Crippen LogP contribution in [0, 0.1) is 6.92 Å². The Morgan fingerprint density at radius 1 is 1.55 bits per heavy atom. The summed E-state index contributed by atoms with van der Waals surface area (Å²) in [7, 11) is 0. The van der Waals surface area contributed by atoms with Crippen molar-refractivity contribution >= 4 is 11.8 Å². The molecular weight excluding hydrogens is 256 g/mol. The minimum absolute atomic E-state index is 0.0222. The molecule has 2 aliphatic rings. The van der Waals surface area contributed by atoms with Crippen LogP contribution in [0.15, 0.2) is 10.6 Å². The predicted octanol–water partition coefficient (Wildman–Crippen LogP) is 1.14. The van der Waals surface area contributed by atoms with Crippen LogP contribution in [0.1, 0.15) is 31.4 Å². The second-order valence-corrected chi connectivity index (χ2v) is 5.76. The van der Waals surface area contributed by atoms with Crippen molar-refractivity contribution in [2.45, 2.75) is 44.7 Å². The molecular formula is C14H22N4O2. The van der Waals surface area contributed by atoms with Gasteiger partial charge in [0.1, 0.15) is 0 Å². The number of likely N-dealkylation sites (tertiary alicyclic amines) is 1. The van der Waals surface area contributed by atoms with Crippen LogP contribution in [-0.2, 0) is 4.79 Å². The number of hydrogen-bond donors (Lipinski definition) is 2. The smallest absolute Gasteiger partial charge is 0.240 e. The van der Waals surface area contributed by atoms with Gasteiger partial charge in [-0.25, -0.2) is 0 Å². The van der Waals surface area contributed by atoms with Gasteiger partial charge >= 0.3 is 0 Å². The third-order valence-corrected chi connectivity index (χ3v) is 4.21. The lowest BCUT2D eigenvalue weighted by molar-refractivity contribution is -0.117. The van der Waals surface area contributed by atoms with Crippen molar-refractivity contribution in [3.63, 3.8) is 0 Å². The average molecular weight is 278 g/mol. The molecule has 2 unspecified atom stereocenters. The van der Waals surface area contributed by atoms with Crippen molar-refractivity contribution in [3.05, 3.63) is 11.8 Å². The first-order valence-corrected chi connectivity index (χ1v) is 7.43. The maximum absolute atomic E-state index is 12.1. The summed E-state index contributed by atoms with van der Waals surface area (Å²) >= 11 is 0. The summed E-state index contributed by atoms with van der Waals surface area (Å²) in [4.78, 5) is 14.4. The summed E-state index contributed by atoms with van der Waals surface area (Å²) in [5, 5.41) is 10.1. The van der Waals surface area contributed by atoms with E-state index >= 15 is 0 Å². The average Bonchev–Trinajstić information content (AvgIpc) is 3.10. The van der Waals surface area contributed by atoms with Crippen molar-refractivity contribution in [2.75, 3.05) is 25.0 Å². The normalized spacial score (nSPS) is 27.1. The number of nitrogens with one attached hydrogen (secondary N) is 2. The Labute approximate surface area is 118 Å². The SMILES string of the molecule is Cc1cc(NC(=O)CN2CCCC2C2CCCN2)on1. The summed E-state index contributed by atoms with van der Waals surface area (Å²) in [6.45, 7) is 4.38. The standard InChI is InChI=1S/C14H22N4O2/c1-10-8-14(20-17-10)16-13(19)9-18-7-3-5-12(18)11-4-2-6-15-11/h8,11-12,15H,2-7,9H2,1H3,(H,16,19). The molecule has 2 saturated heterocycles. The summed E-state index contributed by atoms with van der Waals surface area (Å²) in [6.07, 6.45) is 4.84. The molecule has 2 fully saturated rings. The van der Waals surface area contributed by atoms with Gasteiger partial charge in [-0.2, -0.15) is 0 Å². The zero-order chi connectivity index (χ0) is 13.9. The Bertz CT molecular complexity index is 467. The maximum atomic E-state index is 12.1. The molecule has 0 spiro atoms. The van der Waals surface area contributed by atoms with E-state index in [9.17, 15) is 4.79 Å². The maximum Gasteiger partial charge on any atom is 0.240 e. The van der Waals surface area contributed by atoms with Gasteiger partial charge in [-0.15, -0.1) is 0 Å². The topological polar surface area (TPSA) is 70.4 Å². The molecule has 0 aliphatic carbocycles. The van der Waals surface area contributed by atoms with Crippen molar-refractivity contribution in [2.24, 2.45) is 0 Å². The highest BCUT2D eigenvalue weighted by atomic mass is 16.5. The molecule has 6 nitrogen and oxygen atoms in total. The monoisotopic (exact) mass is 278 g/mol. The second kappa shape index (κ2) is 5.93. The zero-order valence-corrected chi connectivity index (χ0v) is 11.9. The Hall–Kier alpha value is -1.40. The quantitative estimate of drug-likeness (QED) is 0.864. The first kappa shape index (κ1) is 13.6. The number of hydrogen-bond acceptors (Lipinski definition) is 5. The van der Waals surface area contributed by atoms with Crippen LogP contribution in [0.3, 0.4) is 0 Å². The zero-order valence-electron chi connectivity index (χ0n) is 11.9. The van der Waals surface area contributed by atoms with E-state index in [1.807, 2.05) is 6.92 Å². The van der Waals surface area contributed by atoms with Gasteiger partial charge in [-0.05, 0) is 45.7 Å². The van der Waals surface area contributed by atoms with Crippen molar-refractivity contribution in [1.82, 2.24) is 15.4 Å². The third-order valence-electron chi connectivity index (χ3n) is 4.21. The Morgan fingerprint density at radius 2 is 2.45 bits per heavy atom. The highest BCUT2D eigenvalue weighted by molar-refractivity contribution is 5.91. The van der Waals surface area contributed by atoms with Gasteiger partial charge in [0.2, 0.25) is 11.8 Å². The molecule has 2 N–H and O–H groups in total. The summed E-state index contributed by atoms with van der Waals surface area (Å²) < 4.78 is 5.01. The predicted molar refractivity (Wildman–Crippen MR) is 75.5 cm³/mol. The van der Waals surface area contributed by atoms with E-state index in [1.54, 1.807) is 6.07 Å². The van der Waals surface area contributed by atoms with E-state index in [0.29, 0.717) is 24.5 Å². The van der Waals surface area contributed by atoms with E-state index in [1.165, 1.54) is 25.7 Å². The van der Waals surface area contributed by atoms with E-state index < -0.39 is 0 Å². The molecule has 1 aromatic heterocycles. The molecule has 6 heteroatoms. The van der Waals surface area contributed by atoms with Crippen molar-refractivity contribution < 1.29 is 9.32 Å². The van der Waals surface area contributed by atoms with Crippen LogP contribution in [0.5, 0.6) is 0 Å². The fraction of sp³-hybridized carbons (Fsp3) is 0.714. The first-order valence-electron chi connectivity index (χ1n) is 7.43.